The van der Waals surface area contributed by atoms with Crippen molar-refractivity contribution in [2.24, 2.45) is 5.10 Å². The first-order valence-corrected chi connectivity index (χ1v) is 11.9. The first kappa shape index (κ1) is 25.2. The van der Waals surface area contributed by atoms with Gasteiger partial charge in [-0.1, -0.05) is 86.6 Å². The minimum atomic E-state index is -0.646. The molecular weight excluding hydrogens is 425 g/mol. The van der Waals surface area contributed by atoms with E-state index in [2.05, 4.69) is 29.6 Å². The molecular formula is C29H34FN3O. The van der Waals surface area contributed by atoms with Crippen LogP contribution in [0.1, 0.15) is 56.8 Å². The molecule has 0 saturated carbocycles. The molecule has 1 amide bonds. The van der Waals surface area contributed by atoms with Crippen LogP contribution in [-0.2, 0) is 16.8 Å². The number of nitrogens with one attached hydrogen (secondary N) is 1. The van der Waals surface area contributed by atoms with Crippen LogP contribution in [0.25, 0.3) is 0 Å². The zero-order valence-electron chi connectivity index (χ0n) is 20.5. The number of amides is 1. The van der Waals surface area contributed by atoms with E-state index in [1.54, 1.807) is 12.1 Å². The largest absolute Gasteiger partial charge is 0.342 e. The van der Waals surface area contributed by atoms with Crippen LogP contribution in [0.5, 0.6) is 0 Å². The first-order valence-electron chi connectivity index (χ1n) is 11.9. The molecule has 0 spiro atoms. The zero-order valence-corrected chi connectivity index (χ0v) is 20.5. The van der Waals surface area contributed by atoms with Crippen molar-refractivity contribution in [3.63, 3.8) is 0 Å². The molecule has 0 radical (unpaired) electrons. The van der Waals surface area contributed by atoms with E-state index in [0.29, 0.717) is 12.1 Å². The maximum atomic E-state index is 13.3. The summed E-state index contributed by atoms with van der Waals surface area (Å²) in [6.07, 6.45) is 1.40. The molecule has 34 heavy (non-hydrogen) atoms. The molecule has 1 aliphatic rings. The molecule has 1 unspecified atom stereocenters. The van der Waals surface area contributed by atoms with Crippen molar-refractivity contribution in [2.75, 3.05) is 6.54 Å². The van der Waals surface area contributed by atoms with Crippen molar-refractivity contribution >= 4 is 11.6 Å². The van der Waals surface area contributed by atoms with Gasteiger partial charge in [0.1, 0.15) is 11.5 Å². The zero-order chi connectivity index (χ0) is 24.6. The van der Waals surface area contributed by atoms with Crippen molar-refractivity contribution in [3.8, 4) is 0 Å². The van der Waals surface area contributed by atoms with Gasteiger partial charge in [0.2, 0.25) is 0 Å². The Bertz CT molecular complexity index is 1080. The molecule has 4 nitrogen and oxygen atoms in total. The van der Waals surface area contributed by atoms with E-state index in [0.717, 1.165) is 24.1 Å². The smallest absolute Gasteiger partial charge is 0.268 e. The summed E-state index contributed by atoms with van der Waals surface area (Å²) in [5.74, 6) is -0.488. The van der Waals surface area contributed by atoms with Gasteiger partial charge in [0.25, 0.3) is 5.91 Å². The summed E-state index contributed by atoms with van der Waals surface area (Å²) in [7, 11) is 0. The second kappa shape index (κ2) is 11.6. The number of hydrazone groups is 1. The van der Waals surface area contributed by atoms with Gasteiger partial charge in [0, 0.05) is 13.0 Å². The van der Waals surface area contributed by atoms with E-state index in [4.69, 9.17) is 5.10 Å². The predicted molar refractivity (Wildman–Crippen MR) is 137 cm³/mol. The Labute approximate surface area is 202 Å². The summed E-state index contributed by atoms with van der Waals surface area (Å²) < 4.78 is 13.3. The number of hydrogen-bond donors (Lipinski definition) is 1. The van der Waals surface area contributed by atoms with Crippen molar-refractivity contribution in [2.45, 2.75) is 52.1 Å². The van der Waals surface area contributed by atoms with Gasteiger partial charge < -0.3 is 5.32 Å². The molecule has 3 aromatic carbocycles. The third-order valence-electron chi connectivity index (χ3n) is 5.91. The average molecular weight is 460 g/mol. The maximum Gasteiger partial charge on any atom is 0.268 e. The number of hydrogen-bond acceptors (Lipinski definition) is 3. The highest BCUT2D eigenvalue weighted by molar-refractivity contribution is 6.39. The van der Waals surface area contributed by atoms with Crippen LogP contribution in [0.3, 0.4) is 0 Å². The Morgan fingerprint density at radius 3 is 2.18 bits per heavy atom. The lowest BCUT2D eigenvalue weighted by Gasteiger charge is -2.26. The minimum Gasteiger partial charge on any atom is -0.342 e. The van der Waals surface area contributed by atoms with Crippen LogP contribution in [0.2, 0.25) is 0 Å². The van der Waals surface area contributed by atoms with Gasteiger partial charge in [0.15, 0.2) is 0 Å². The summed E-state index contributed by atoms with van der Waals surface area (Å²) in [4.78, 5) is 13.2. The Hall–Kier alpha value is -3.47. The SMILES string of the molecule is CC.CC(C)(NC(=O)C1=NN(CCc2ccccc2)C(c2ccccc2)C1)c1ccc(F)cc1. The van der Waals surface area contributed by atoms with Gasteiger partial charge in [-0.25, -0.2) is 4.39 Å². The number of halogens is 1. The molecule has 5 heteroatoms. The van der Waals surface area contributed by atoms with E-state index < -0.39 is 5.54 Å². The Morgan fingerprint density at radius 1 is 0.971 bits per heavy atom. The molecule has 1 aliphatic heterocycles. The van der Waals surface area contributed by atoms with Gasteiger partial charge in [0.05, 0.1) is 11.6 Å². The summed E-state index contributed by atoms with van der Waals surface area (Å²) >= 11 is 0. The lowest BCUT2D eigenvalue weighted by Crippen LogP contribution is -2.44. The molecule has 0 fully saturated rings. The highest BCUT2D eigenvalue weighted by Crippen LogP contribution is 2.31. The molecule has 0 aromatic heterocycles. The fraction of sp³-hybridized carbons (Fsp3) is 0.310. The third-order valence-corrected chi connectivity index (χ3v) is 5.91. The Balaban J connectivity index is 0.00000158. The summed E-state index contributed by atoms with van der Waals surface area (Å²) in [5, 5.41) is 9.84. The third kappa shape index (κ3) is 6.31. The van der Waals surface area contributed by atoms with E-state index >= 15 is 0 Å². The fourth-order valence-corrected chi connectivity index (χ4v) is 4.05. The van der Waals surface area contributed by atoms with Gasteiger partial charge in [-0.05, 0) is 49.1 Å². The second-order valence-electron chi connectivity index (χ2n) is 8.66. The summed E-state index contributed by atoms with van der Waals surface area (Å²) in [6.45, 7) is 8.55. The van der Waals surface area contributed by atoms with Crippen molar-refractivity contribution < 1.29 is 9.18 Å². The maximum absolute atomic E-state index is 13.3. The van der Waals surface area contributed by atoms with Crippen LogP contribution in [-0.4, -0.2) is 23.2 Å². The molecule has 4 rings (SSSR count). The van der Waals surface area contributed by atoms with E-state index in [9.17, 15) is 9.18 Å². The predicted octanol–water partition coefficient (Wildman–Crippen LogP) is 6.25. The minimum absolute atomic E-state index is 0.0228. The normalized spacial score (nSPS) is 15.3. The molecule has 0 bridgehead atoms. The van der Waals surface area contributed by atoms with Crippen LogP contribution < -0.4 is 5.32 Å². The summed E-state index contributed by atoms with van der Waals surface area (Å²) in [6, 6.07) is 26.7. The average Bonchev–Trinajstić information content (AvgIpc) is 3.30. The number of benzene rings is 3. The standard InChI is InChI=1S/C27H28FN3O.C2H6/c1-27(2,22-13-15-23(28)16-14-22)29-26(32)24-19-25(21-11-7-4-8-12-21)31(30-24)18-17-20-9-5-3-6-10-20;1-2/h3-16,25H,17-19H2,1-2H3,(H,29,32);1-2H3. The summed E-state index contributed by atoms with van der Waals surface area (Å²) in [5.41, 5.74) is 3.09. The van der Waals surface area contributed by atoms with Gasteiger partial charge in [-0.3, -0.25) is 9.80 Å². The monoisotopic (exact) mass is 459 g/mol. The highest BCUT2D eigenvalue weighted by Gasteiger charge is 2.33. The van der Waals surface area contributed by atoms with E-state index in [1.807, 2.05) is 69.1 Å². The van der Waals surface area contributed by atoms with Gasteiger partial charge in [-0.15, -0.1) is 0 Å². The molecule has 0 saturated heterocycles. The molecule has 1 atom stereocenters. The van der Waals surface area contributed by atoms with Crippen LogP contribution in [0.15, 0.2) is 90.0 Å². The molecule has 3 aromatic rings. The Morgan fingerprint density at radius 2 is 1.56 bits per heavy atom. The van der Waals surface area contributed by atoms with Crippen molar-refractivity contribution in [1.29, 1.82) is 0 Å². The Kier molecular flexibility index (Phi) is 8.58. The first-order chi connectivity index (χ1) is 16.4. The lowest BCUT2D eigenvalue weighted by atomic mass is 9.93. The lowest BCUT2D eigenvalue weighted by molar-refractivity contribution is -0.116. The number of carbonyl (C=O) groups excluding carboxylic acids is 1. The molecule has 1 N–H and O–H groups in total. The van der Waals surface area contributed by atoms with Crippen molar-refractivity contribution in [3.05, 3.63) is 107 Å². The molecule has 1 heterocycles. The van der Waals surface area contributed by atoms with Gasteiger partial charge in [-0.2, -0.15) is 5.10 Å². The molecule has 178 valence electrons. The molecule has 0 aliphatic carbocycles. The van der Waals surface area contributed by atoms with Crippen LogP contribution in [0, 0.1) is 5.82 Å². The topological polar surface area (TPSA) is 44.7 Å². The number of carbonyl (C=O) groups is 1. The highest BCUT2D eigenvalue weighted by atomic mass is 19.1. The van der Waals surface area contributed by atoms with Crippen LogP contribution >= 0.6 is 0 Å². The van der Waals surface area contributed by atoms with Gasteiger partial charge >= 0.3 is 0 Å². The number of rotatable bonds is 7. The van der Waals surface area contributed by atoms with E-state index in [1.165, 1.54) is 17.7 Å². The quantitative estimate of drug-likeness (QED) is 0.454. The van der Waals surface area contributed by atoms with Crippen LogP contribution in [0.4, 0.5) is 4.39 Å². The van der Waals surface area contributed by atoms with E-state index in [-0.39, 0.29) is 17.8 Å². The number of nitrogens with zero attached hydrogens (tertiary/aromatic N) is 2. The van der Waals surface area contributed by atoms with Crippen molar-refractivity contribution in [1.82, 2.24) is 10.3 Å². The fourth-order valence-electron chi connectivity index (χ4n) is 4.05. The second-order valence-corrected chi connectivity index (χ2v) is 8.66.